The highest BCUT2D eigenvalue weighted by Crippen LogP contribution is 2.30. The van der Waals surface area contributed by atoms with Crippen LogP contribution in [0.1, 0.15) is 32.8 Å². The number of benzene rings is 1. The van der Waals surface area contributed by atoms with Gasteiger partial charge in [0.2, 0.25) is 5.91 Å². The molecule has 0 radical (unpaired) electrons. The van der Waals surface area contributed by atoms with Gasteiger partial charge in [-0.15, -0.1) is 0 Å². The number of carbonyl (C=O) groups is 1. The van der Waals surface area contributed by atoms with Gasteiger partial charge >= 0.3 is 0 Å². The molecule has 0 atom stereocenters. The number of amides is 1. The van der Waals surface area contributed by atoms with E-state index in [4.69, 9.17) is 5.11 Å². The molecule has 1 aromatic carbocycles. The van der Waals surface area contributed by atoms with Gasteiger partial charge in [-0.25, -0.2) is 4.39 Å². The first-order valence-corrected chi connectivity index (χ1v) is 7.82. The van der Waals surface area contributed by atoms with Crippen LogP contribution in [0.25, 0.3) is 0 Å². The van der Waals surface area contributed by atoms with Crippen LogP contribution in [-0.2, 0) is 10.2 Å². The molecule has 5 heteroatoms. The third-order valence-corrected chi connectivity index (χ3v) is 4.72. The second-order valence-corrected chi connectivity index (χ2v) is 6.43. The molecule has 1 N–H and O–H groups in total. The first-order valence-electron chi connectivity index (χ1n) is 7.82. The van der Waals surface area contributed by atoms with E-state index in [1.54, 1.807) is 11.0 Å². The first kappa shape index (κ1) is 16.7. The van der Waals surface area contributed by atoms with Gasteiger partial charge in [0.05, 0.1) is 5.69 Å². The molecular formula is C17H25FN2O2. The van der Waals surface area contributed by atoms with Crippen LogP contribution in [0.5, 0.6) is 0 Å². The maximum Gasteiger partial charge on any atom is 0.248 e. The molecule has 1 fully saturated rings. The van der Waals surface area contributed by atoms with Crippen LogP contribution in [0.4, 0.5) is 10.1 Å². The number of aliphatic hydroxyl groups is 1. The largest absolute Gasteiger partial charge is 0.387 e. The molecule has 0 aromatic heterocycles. The van der Waals surface area contributed by atoms with Gasteiger partial charge in [0.15, 0.2) is 0 Å². The standard InChI is InChI=1S/C17H25FN2O2/c1-4-17(2,3)13-5-6-15(14(18)11-13)19-7-9-20(10-8-19)16(22)12-21/h5-6,11,21H,4,7-10,12H2,1-3H3. The number of anilines is 1. The summed E-state index contributed by atoms with van der Waals surface area (Å²) in [5, 5.41) is 8.88. The highest BCUT2D eigenvalue weighted by atomic mass is 19.1. The van der Waals surface area contributed by atoms with Crippen molar-refractivity contribution < 1.29 is 14.3 Å². The monoisotopic (exact) mass is 308 g/mol. The Balaban J connectivity index is 2.10. The summed E-state index contributed by atoms with van der Waals surface area (Å²) in [4.78, 5) is 15.0. The summed E-state index contributed by atoms with van der Waals surface area (Å²) in [5.74, 6) is -0.471. The van der Waals surface area contributed by atoms with E-state index < -0.39 is 6.61 Å². The average Bonchev–Trinajstić information content (AvgIpc) is 2.54. The molecular weight excluding hydrogens is 283 g/mol. The van der Waals surface area contributed by atoms with Crippen LogP contribution in [0.3, 0.4) is 0 Å². The summed E-state index contributed by atoms with van der Waals surface area (Å²) in [5.41, 5.74) is 1.56. The maximum absolute atomic E-state index is 14.5. The molecule has 22 heavy (non-hydrogen) atoms. The lowest BCUT2D eigenvalue weighted by molar-refractivity contribution is -0.134. The van der Waals surface area contributed by atoms with E-state index in [-0.39, 0.29) is 17.1 Å². The average molecular weight is 308 g/mol. The van der Waals surface area contributed by atoms with Crippen molar-refractivity contribution in [3.8, 4) is 0 Å². The fourth-order valence-electron chi connectivity index (χ4n) is 2.69. The van der Waals surface area contributed by atoms with E-state index in [1.165, 1.54) is 0 Å². The van der Waals surface area contributed by atoms with Crippen molar-refractivity contribution in [3.63, 3.8) is 0 Å². The van der Waals surface area contributed by atoms with Gasteiger partial charge in [0, 0.05) is 26.2 Å². The van der Waals surface area contributed by atoms with Crippen LogP contribution < -0.4 is 4.90 Å². The highest BCUT2D eigenvalue weighted by molar-refractivity contribution is 5.77. The zero-order valence-electron chi connectivity index (χ0n) is 13.6. The SMILES string of the molecule is CCC(C)(C)c1ccc(N2CCN(C(=O)CO)CC2)c(F)c1. The molecule has 0 bridgehead atoms. The second kappa shape index (κ2) is 6.65. The van der Waals surface area contributed by atoms with Gasteiger partial charge in [-0.05, 0) is 29.5 Å². The molecule has 1 aromatic rings. The van der Waals surface area contributed by atoms with Crippen molar-refractivity contribution in [1.29, 1.82) is 0 Å². The summed E-state index contributed by atoms with van der Waals surface area (Å²) >= 11 is 0. The normalized spacial score (nSPS) is 16.0. The fourth-order valence-corrected chi connectivity index (χ4v) is 2.69. The molecule has 4 nitrogen and oxygen atoms in total. The zero-order chi connectivity index (χ0) is 16.3. The summed E-state index contributed by atoms with van der Waals surface area (Å²) in [6.07, 6.45) is 0.952. The molecule has 1 aliphatic rings. The Morgan fingerprint density at radius 1 is 1.27 bits per heavy atom. The summed E-state index contributed by atoms with van der Waals surface area (Å²) < 4.78 is 14.5. The van der Waals surface area contributed by atoms with Crippen LogP contribution in [-0.4, -0.2) is 48.7 Å². The smallest absolute Gasteiger partial charge is 0.248 e. The minimum Gasteiger partial charge on any atom is -0.387 e. The molecule has 1 amide bonds. The Labute approximate surface area is 131 Å². The predicted molar refractivity (Wildman–Crippen MR) is 85.6 cm³/mol. The molecule has 0 aliphatic carbocycles. The first-order chi connectivity index (χ1) is 10.4. The number of carbonyl (C=O) groups excluding carboxylic acids is 1. The Morgan fingerprint density at radius 2 is 1.91 bits per heavy atom. The predicted octanol–water partition coefficient (Wildman–Crippen LogP) is 2.15. The number of nitrogens with zero attached hydrogens (tertiary/aromatic N) is 2. The lowest BCUT2D eigenvalue weighted by Gasteiger charge is -2.36. The lowest BCUT2D eigenvalue weighted by atomic mass is 9.82. The molecule has 0 saturated carbocycles. The molecule has 2 rings (SSSR count). The number of piperazine rings is 1. The Kier molecular flexibility index (Phi) is 5.06. The van der Waals surface area contributed by atoms with Gasteiger partial charge in [0.25, 0.3) is 0 Å². The van der Waals surface area contributed by atoms with Crippen molar-refractivity contribution in [2.75, 3.05) is 37.7 Å². The van der Waals surface area contributed by atoms with Crippen LogP contribution in [0.15, 0.2) is 18.2 Å². The third kappa shape index (κ3) is 3.40. The highest BCUT2D eigenvalue weighted by Gasteiger charge is 2.24. The number of halogens is 1. The summed E-state index contributed by atoms with van der Waals surface area (Å²) in [6, 6.07) is 5.46. The van der Waals surface area contributed by atoms with Crippen molar-refractivity contribution in [3.05, 3.63) is 29.6 Å². The van der Waals surface area contributed by atoms with E-state index in [1.807, 2.05) is 17.0 Å². The molecule has 0 spiro atoms. The Bertz CT molecular complexity index is 537. The van der Waals surface area contributed by atoms with Gasteiger partial charge < -0.3 is 14.9 Å². The topological polar surface area (TPSA) is 43.8 Å². The molecule has 0 unspecified atom stereocenters. The molecule has 1 aliphatic heterocycles. The number of hydrogen-bond acceptors (Lipinski definition) is 3. The van der Waals surface area contributed by atoms with E-state index in [0.717, 1.165) is 12.0 Å². The van der Waals surface area contributed by atoms with E-state index in [2.05, 4.69) is 20.8 Å². The Morgan fingerprint density at radius 3 is 2.41 bits per heavy atom. The van der Waals surface area contributed by atoms with E-state index in [0.29, 0.717) is 31.9 Å². The van der Waals surface area contributed by atoms with Crippen LogP contribution in [0, 0.1) is 5.82 Å². The summed E-state index contributed by atoms with van der Waals surface area (Å²) in [6.45, 7) is 8.06. The number of aliphatic hydroxyl groups excluding tert-OH is 1. The van der Waals surface area contributed by atoms with Gasteiger partial charge in [-0.2, -0.15) is 0 Å². The third-order valence-electron chi connectivity index (χ3n) is 4.72. The van der Waals surface area contributed by atoms with E-state index >= 15 is 0 Å². The fraction of sp³-hybridized carbons (Fsp3) is 0.588. The minimum absolute atomic E-state index is 0.0361. The zero-order valence-corrected chi connectivity index (χ0v) is 13.6. The molecule has 1 heterocycles. The maximum atomic E-state index is 14.5. The van der Waals surface area contributed by atoms with Gasteiger partial charge in [-0.1, -0.05) is 26.8 Å². The molecule has 1 saturated heterocycles. The van der Waals surface area contributed by atoms with Crippen molar-refractivity contribution in [1.82, 2.24) is 4.90 Å². The summed E-state index contributed by atoms with van der Waals surface area (Å²) in [7, 11) is 0. The quantitative estimate of drug-likeness (QED) is 0.927. The van der Waals surface area contributed by atoms with Gasteiger partial charge in [-0.3, -0.25) is 4.79 Å². The van der Waals surface area contributed by atoms with Gasteiger partial charge in [0.1, 0.15) is 12.4 Å². The van der Waals surface area contributed by atoms with Crippen molar-refractivity contribution in [2.45, 2.75) is 32.6 Å². The Hall–Kier alpha value is -1.62. The van der Waals surface area contributed by atoms with Crippen molar-refractivity contribution in [2.24, 2.45) is 0 Å². The number of hydrogen-bond donors (Lipinski definition) is 1. The van der Waals surface area contributed by atoms with Crippen LogP contribution in [0.2, 0.25) is 0 Å². The van der Waals surface area contributed by atoms with Crippen molar-refractivity contribution >= 4 is 11.6 Å². The molecule has 122 valence electrons. The minimum atomic E-state index is -0.463. The lowest BCUT2D eigenvalue weighted by Crippen LogP contribution is -2.49. The van der Waals surface area contributed by atoms with Crippen LogP contribution >= 0.6 is 0 Å². The van der Waals surface area contributed by atoms with E-state index in [9.17, 15) is 9.18 Å². The number of rotatable bonds is 4. The second-order valence-electron chi connectivity index (χ2n) is 6.43.